The summed E-state index contributed by atoms with van der Waals surface area (Å²) in [7, 11) is 0. The fourth-order valence-electron chi connectivity index (χ4n) is 2.63. The molecule has 4 heteroatoms. The molecule has 2 heterocycles. The molecule has 2 aromatic heterocycles. The molecule has 0 bridgehead atoms. The second kappa shape index (κ2) is 7.88. The summed E-state index contributed by atoms with van der Waals surface area (Å²) in [5.41, 5.74) is 5.35. The third-order valence-corrected chi connectivity index (χ3v) is 3.86. The first kappa shape index (κ1) is 16.4. The van der Waals surface area contributed by atoms with Crippen molar-refractivity contribution in [2.45, 2.75) is 33.3 Å². The average Bonchev–Trinajstić information content (AvgIpc) is 3.04. The minimum absolute atomic E-state index is 0.469. The molecule has 124 valence electrons. The molecule has 0 N–H and O–H groups in total. The third kappa shape index (κ3) is 4.30. The van der Waals surface area contributed by atoms with Gasteiger partial charge in [-0.15, -0.1) is 0 Å². The normalized spacial score (nSPS) is 10.9. The Labute approximate surface area is 142 Å². The number of nitrogens with zero attached hydrogens (tertiary/aromatic N) is 2. The molecule has 0 saturated carbocycles. The highest BCUT2D eigenvalue weighted by Crippen LogP contribution is 2.23. The van der Waals surface area contributed by atoms with Gasteiger partial charge in [0.1, 0.15) is 12.0 Å². The lowest BCUT2D eigenvalue weighted by molar-refractivity contribution is 0.116. The summed E-state index contributed by atoms with van der Waals surface area (Å²) >= 11 is 0. The van der Waals surface area contributed by atoms with E-state index in [1.54, 1.807) is 6.26 Å². The molecular weight excluding hydrogens is 300 g/mol. The van der Waals surface area contributed by atoms with Gasteiger partial charge in [0.05, 0.1) is 6.61 Å². The predicted molar refractivity (Wildman–Crippen MR) is 93.6 cm³/mol. The van der Waals surface area contributed by atoms with Crippen molar-refractivity contribution in [1.29, 1.82) is 0 Å². The molecule has 0 spiro atoms. The number of rotatable bonds is 7. The lowest BCUT2D eigenvalue weighted by Crippen LogP contribution is -1.99. The van der Waals surface area contributed by atoms with Gasteiger partial charge in [0.25, 0.3) is 0 Å². The Morgan fingerprint density at radius 1 is 1.08 bits per heavy atom. The summed E-state index contributed by atoms with van der Waals surface area (Å²) < 4.78 is 11.3. The molecule has 0 atom stereocenters. The lowest BCUT2D eigenvalue weighted by Gasteiger charge is -2.03. The van der Waals surface area contributed by atoms with Gasteiger partial charge in [-0.05, 0) is 50.5 Å². The van der Waals surface area contributed by atoms with Crippen molar-refractivity contribution in [3.05, 3.63) is 71.4 Å². The Bertz CT molecular complexity index is 781. The molecule has 0 radical (unpaired) electrons. The van der Waals surface area contributed by atoms with E-state index in [9.17, 15) is 0 Å². The first-order valence-corrected chi connectivity index (χ1v) is 8.22. The summed E-state index contributed by atoms with van der Waals surface area (Å²) in [4.78, 5) is 8.83. The number of hydrogen-bond acceptors (Lipinski definition) is 4. The van der Waals surface area contributed by atoms with Crippen molar-refractivity contribution >= 4 is 0 Å². The Balaban J connectivity index is 1.48. The van der Waals surface area contributed by atoms with Crippen LogP contribution in [0.1, 0.15) is 28.9 Å². The van der Waals surface area contributed by atoms with E-state index in [4.69, 9.17) is 9.15 Å². The summed E-state index contributed by atoms with van der Waals surface area (Å²) in [6.07, 6.45) is 5.36. The molecule has 3 aromatic rings. The van der Waals surface area contributed by atoms with Gasteiger partial charge < -0.3 is 9.15 Å². The van der Waals surface area contributed by atoms with Crippen molar-refractivity contribution in [2.75, 3.05) is 6.61 Å². The summed E-state index contributed by atoms with van der Waals surface area (Å²) in [5, 5.41) is 0. The van der Waals surface area contributed by atoms with Crippen LogP contribution in [0.3, 0.4) is 0 Å². The van der Waals surface area contributed by atoms with Crippen LogP contribution < -0.4 is 0 Å². The Morgan fingerprint density at radius 2 is 2.00 bits per heavy atom. The topological polar surface area (TPSA) is 48.2 Å². The number of benzene rings is 1. The molecule has 1 aromatic carbocycles. The molecule has 0 saturated heterocycles. The first-order valence-electron chi connectivity index (χ1n) is 8.22. The second-order valence-electron chi connectivity index (χ2n) is 5.94. The highest BCUT2D eigenvalue weighted by molar-refractivity contribution is 5.59. The van der Waals surface area contributed by atoms with Crippen LogP contribution in [-0.4, -0.2) is 16.6 Å². The van der Waals surface area contributed by atoms with Crippen molar-refractivity contribution < 1.29 is 9.15 Å². The predicted octanol–water partition coefficient (Wildman–Crippen LogP) is 4.50. The molecule has 0 aliphatic carbocycles. The summed E-state index contributed by atoms with van der Waals surface area (Å²) in [6, 6.07) is 12.2. The molecule has 0 aliphatic heterocycles. The number of ether oxygens (including phenoxy) is 1. The number of pyridine rings is 1. The highest BCUT2D eigenvalue weighted by atomic mass is 16.5. The lowest BCUT2D eigenvalue weighted by atomic mass is 10.1. The van der Waals surface area contributed by atoms with Crippen molar-refractivity contribution in [2.24, 2.45) is 0 Å². The third-order valence-electron chi connectivity index (χ3n) is 3.86. The first-order chi connectivity index (χ1) is 11.7. The van der Waals surface area contributed by atoms with Crippen molar-refractivity contribution in [1.82, 2.24) is 9.97 Å². The van der Waals surface area contributed by atoms with E-state index in [0.29, 0.717) is 19.1 Å². The van der Waals surface area contributed by atoms with E-state index in [0.717, 1.165) is 29.8 Å². The van der Waals surface area contributed by atoms with E-state index in [2.05, 4.69) is 35.9 Å². The van der Waals surface area contributed by atoms with Crippen LogP contribution in [0.15, 0.2) is 53.3 Å². The fraction of sp³-hybridized carbons (Fsp3) is 0.300. The van der Waals surface area contributed by atoms with E-state index < -0.39 is 0 Å². The number of oxazole rings is 1. The number of aryl methyl sites for hydroxylation is 3. The summed E-state index contributed by atoms with van der Waals surface area (Å²) in [5.74, 6) is 0.652. The van der Waals surface area contributed by atoms with E-state index >= 15 is 0 Å². The molecule has 0 unspecified atom stereocenters. The van der Waals surface area contributed by atoms with Gasteiger partial charge in [-0.25, -0.2) is 4.98 Å². The maximum absolute atomic E-state index is 5.69. The largest absolute Gasteiger partial charge is 0.444 e. The van der Waals surface area contributed by atoms with Gasteiger partial charge in [-0.3, -0.25) is 4.98 Å². The maximum atomic E-state index is 5.69. The molecule has 0 aliphatic rings. The molecule has 3 rings (SSSR count). The van der Waals surface area contributed by atoms with E-state index in [-0.39, 0.29) is 0 Å². The fourth-order valence-corrected chi connectivity index (χ4v) is 2.63. The number of aromatic nitrogens is 2. The van der Waals surface area contributed by atoms with Gasteiger partial charge in [-0.1, -0.05) is 23.8 Å². The van der Waals surface area contributed by atoms with E-state index in [1.165, 1.54) is 11.1 Å². The quantitative estimate of drug-likeness (QED) is 0.601. The molecule has 24 heavy (non-hydrogen) atoms. The number of hydrogen-bond donors (Lipinski definition) is 0. The van der Waals surface area contributed by atoms with Crippen LogP contribution >= 0.6 is 0 Å². The maximum Gasteiger partial charge on any atom is 0.226 e. The Morgan fingerprint density at radius 3 is 2.79 bits per heavy atom. The van der Waals surface area contributed by atoms with Gasteiger partial charge in [0.2, 0.25) is 5.89 Å². The minimum Gasteiger partial charge on any atom is -0.444 e. The zero-order chi connectivity index (χ0) is 16.8. The standard InChI is InChI=1S/C20H22N2O2/c1-15-8-9-19(16(2)12-15)20-22-18(14-24-20)13-23-11-5-7-17-6-3-4-10-21-17/h3-4,6,8-10,12,14H,5,7,11,13H2,1-2H3. The van der Waals surface area contributed by atoms with Gasteiger partial charge in [0.15, 0.2) is 0 Å². The van der Waals surface area contributed by atoms with Crippen LogP contribution in [0.4, 0.5) is 0 Å². The highest BCUT2D eigenvalue weighted by Gasteiger charge is 2.09. The van der Waals surface area contributed by atoms with Crippen LogP contribution in [0.25, 0.3) is 11.5 Å². The van der Waals surface area contributed by atoms with E-state index in [1.807, 2.05) is 30.5 Å². The SMILES string of the molecule is Cc1ccc(-c2nc(COCCCc3ccccn3)co2)c(C)c1. The van der Waals surface area contributed by atoms with Crippen LogP contribution in [0.2, 0.25) is 0 Å². The average molecular weight is 322 g/mol. The monoisotopic (exact) mass is 322 g/mol. The zero-order valence-corrected chi connectivity index (χ0v) is 14.2. The summed E-state index contributed by atoms with van der Waals surface area (Å²) in [6.45, 7) is 5.30. The molecule has 4 nitrogen and oxygen atoms in total. The van der Waals surface area contributed by atoms with Crippen molar-refractivity contribution in [3.63, 3.8) is 0 Å². The van der Waals surface area contributed by atoms with Crippen LogP contribution in [0.5, 0.6) is 0 Å². The van der Waals surface area contributed by atoms with Gasteiger partial charge >= 0.3 is 0 Å². The van der Waals surface area contributed by atoms with Gasteiger partial charge in [0, 0.05) is 24.1 Å². The Kier molecular flexibility index (Phi) is 5.39. The molecular formula is C20H22N2O2. The molecule has 0 fully saturated rings. The Hall–Kier alpha value is -2.46. The van der Waals surface area contributed by atoms with Crippen LogP contribution in [-0.2, 0) is 17.8 Å². The zero-order valence-electron chi connectivity index (χ0n) is 14.2. The van der Waals surface area contributed by atoms with Gasteiger partial charge in [-0.2, -0.15) is 0 Å². The van der Waals surface area contributed by atoms with Crippen LogP contribution in [0, 0.1) is 13.8 Å². The van der Waals surface area contributed by atoms with Crippen molar-refractivity contribution in [3.8, 4) is 11.5 Å². The second-order valence-corrected chi connectivity index (χ2v) is 5.94. The molecule has 0 amide bonds. The smallest absolute Gasteiger partial charge is 0.226 e. The minimum atomic E-state index is 0.469.